The van der Waals surface area contributed by atoms with Gasteiger partial charge in [-0.3, -0.25) is 0 Å². The van der Waals surface area contributed by atoms with Crippen LogP contribution in [0.4, 0.5) is 9.18 Å². The van der Waals surface area contributed by atoms with E-state index in [0.29, 0.717) is 26.1 Å². The number of amides is 2. The van der Waals surface area contributed by atoms with E-state index in [1.165, 1.54) is 12.1 Å². The minimum atomic E-state index is -0.248. The fourth-order valence-electron chi connectivity index (χ4n) is 2.31. The van der Waals surface area contributed by atoms with Crippen molar-refractivity contribution in [3.63, 3.8) is 0 Å². The van der Waals surface area contributed by atoms with Crippen LogP contribution in [0.2, 0.25) is 0 Å². The van der Waals surface area contributed by atoms with Crippen molar-refractivity contribution in [2.24, 2.45) is 0 Å². The van der Waals surface area contributed by atoms with Crippen LogP contribution in [-0.4, -0.2) is 42.3 Å². The number of ether oxygens (including phenoxy) is 1. The number of hydrogen-bond donors (Lipinski definition) is 1. The van der Waals surface area contributed by atoms with Gasteiger partial charge in [-0.2, -0.15) is 0 Å². The zero-order valence-corrected chi connectivity index (χ0v) is 12.9. The highest BCUT2D eigenvalue weighted by atomic mass is 19.1. The highest BCUT2D eigenvalue weighted by Gasteiger charge is 2.26. The molecule has 2 rings (SSSR count). The van der Waals surface area contributed by atoms with E-state index in [1.807, 2.05) is 20.8 Å². The molecule has 1 heterocycles. The van der Waals surface area contributed by atoms with Gasteiger partial charge in [-0.25, -0.2) is 9.18 Å². The average molecular weight is 294 g/mol. The lowest BCUT2D eigenvalue weighted by Crippen LogP contribution is -2.54. The van der Waals surface area contributed by atoms with E-state index >= 15 is 0 Å². The van der Waals surface area contributed by atoms with Crippen LogP contribution in [0.15, 0.2) is 24.3 Å². The summed E-state index contributed by atoms with van der Waals surface area (Å²) in [6, 6.07) is 6.35. The third kappa shape index (κ3) is 5.01. The molecule has 4 nitrogen and oxygen atoms in total. The first-order valence-electron chi connectivity index (χ1n) is 7.26. The van der Waals surface area contributed by atoms with Crippen molar-refractivity contribution >= 4 is 6.03 Å². The first-order valence-corrected chi connectivity index (χ1v) is 7.26. The van der Waals surface area contributed by atoms with Crippen LogP contribution < -0.4 is 5.32 Å². The SMILES string of the molecule is CC(C)(C)NC(=O)N1CCO[C@@H](Cc2ccc(F)cc2)C1. The van der Waals surface area contributed by atoms with Gasteiger partial charge in [0, 0.05) is 25.0 Å². The minimum Gasteiger partial charge on any atom is -0.374 e. The summed E-state index contributed by atoms with van der Waals surface area (Å²) in [5, 5.41) is 2.96. The summed E-state index contributed by atoms with van der Waals surface area (Å²) < 4.78 is 18.6. The molecule has 0 radical (unpaired) electrons. The van der Waals surface area contributed by atoms with Crippen molar-refractivity contribution in [2.45, 2.75) is 38.8 Å². The van der Waals surface area contributed by atoms with Gasteiger partial charge in [0.2, 0.25) is 0 Å². The van der Waals surface area contributed by atoms with Crippen LogP contribution in [0.1, 0.15) is 26.3 Å². The molecule has 1 aromatic carbocycles. The van der Waals surface area contributed by atoms with Crippen LogP contribution in [0.3, 0.4) is 0 Å². The van der Waals surface area contributed by atoms with E-state index in [0.717, 1.165) is 5.56 Å². The molecule has 1 aliphatic rings. The second kappa shape index (κ2) is 6.43. The summed E-state index contributed by atoms with van der Waals surface area (Å²) >= 11 is 0. The number of nitrogens with zero attached hydrogens (tertiary/aromatic N) is 1. The molecule has 1 N–H and O–H groups in total. The molecule has 0 aliphatic carbocycles. The summed E-state index contributed by atoms with van der Waals surface area (Å²) in [5.74, 6) is -0.241. The van der Waals surface area contributed by atoms with Crippen molar-refractivity contribution in [3.05, 3.63) is 35.6 Å². The highest BCUT2D eigenvalue weighted by Crippen LogP contribution is 2.13. The summed E-state index contributed by atoms with van der Waals surface area (Å²) in [4.78, 5) is 13.9. The van der Waals surface area contributed by atoms with Gasteiger partial charge in [-0.1, -0.05) is 12.1 Å². The van der Waals surface area contributed by atoms with E-state index in [2.05, 4.69) is 5.32 Å². The standard InChI is InChI=1S/C16H23FN2O2/c1-16(2,3)18-15(20)19-8-9-21-14(11-19)10-12-4-6-13(17)7-5-12/h4-7,14H,8-11H2,1-3H3,(H,18,20)/t14-/m0/s1. The van der Waals surface area contributed by atoms with Gasteiger partial charge < -0.3 is 15.0 Å². The van der Waals surface area contributed by atoms with Crippen molar-refractivity contribution in [1.82, 2.24) is 10.2 Å². The number of morpholine rings is 1. The predicted octanol–water partition coefficient (Wildman–Crippen LogP) is 2.58. The number of benzene rings is 1. The van der Waals surface area contributed by atoms with Crippen LogP contribution in [0, 0.1) is 5.82 Å². The zero-order valence-electron chi connectivity index (χ0n) is 12.9. The summed E-state index contributed by atoms with van der Waals surface area (Å²) in [7, 11) is 0. The van der Waals surface area contributed by atoms with Gasteiger partial charge in [-0.05, 0) is 38.5 Å². The Kier molecular flexibility index (Phi) is 4.83. The second-order valence-electron chi connectivity index (χ2n) is 6.45. The topological polar surface area (TPSA) is 41.6 Å². The summed E-state index contributed by atoms with van der Waals surface area (Å²) in [6.07, 6.45) is 0.634. The first kappa shape index (κ1) is 15.8. The molecule has 1 aliphatic heterocycles. The third-order valence-electron chi connectivity index (χ3n) is 3.28. The molecule has 0 saturated carbocycles. The van der Waals surface area contributed by atoms with E-state index in [-0.39, 0.29) is 23.5 Å². The molecule has 1 saturated heterocycles. The van der Waals surface area contributed by atoms with Crippen molar-refractivity contribution in [3.8, 4) is 0 Å². The quantitative estimate of drug-likeness (QED) is 0.911. The molecule has 1 atom stereocenters. The van der Waals surface area contributed by atoms with Crippen molar-refractivity contribution < 1.29 is 13.9 Å². The van der Waals surface area contributed by atoms with Crippen LogP contribution in [0.5, 0.6) is 0 Å². The molecule has 1 aromatic rings. The number of nitrogens with one attached hydrogen (secondary N) is 1. The maximum atomic E-state index is 12.9. The van der Waals surface area contributed by atoms with E-state index in [9.17, 15) is 9.18 Å². The Morgan fingerprint density at radius 1 is 1.38 bits per heavy atom. The van der Waals surface area contributed by atoms with E-state index in [1.54, 1.807) is 17.0 Å². The number of urea groups is 1. The molecule has 21 heavy (non-hydrogen) atoms. The maximum Gasteiger partial charge on any atom is 0.317 e. The Morgan fingerprint density at radius 3 is 2.67 bits per heavy atom. The molecule has 116 valence electrons. The Bertz CT molecular complexity index is 482. The maximum absolute atomic E-state index is 12.9. The molecule has 1 fully saturated rings. The molecule has 0 bridgehead atoms. The molecule has 2 amide bonds. The Labute approximate surface area is 125 Å². The number of carbonyl (C=O) groups excluding carboxylic acids is 1. The van der Waals surface area contributed by atoms with Crippen molar-refractivity contribution in [2.75, 3.05) is 19.7 Å². The third-order valence-corrected chi connectivity index (χ3v) is 3.28. The predicted molar refractivity (Wildman–Crippen MR) is 79.7 cm³/mol. The molecular formula is C16H23FN2O2. The van der Waals surface area contributed by atoms with Gasteiger partial charge in [0.05, 0.1) is 12.7 Å². The lowest BCUT2D eigenvalue weighted by atomic mass is 10.1. The van der Waals surface area contributed by atoms with Gasteiger partial charge in [-0.15, -0.1) is 0 Å². The Morgan fingerprint density at radius 2 is 2.05 bits per heavy atom. The Balaban J connectivity index is 1.91. The lowest BCUT2D eigenvalue weighted by Gasteiger charge is -2.35. The average Bonchev–Trinajstić information content (AvgIpc) is 2.40. The van der Waals surface area contributed by atoms with Crippen LogP contribution >= 0.6 is 0 Å². The molecule has 0 aromatic heterocycles. The number of carbonyl (C=O) groups is 1. The molecule has 5 heteroatoms. The van der Waals surface area contributed by atoms with Gasteiger partial charge >= 0.3 is 6.03 Å². The number of rotatable bonds is 2. The normalized spacial score (nSPS) is 19.4. The van der Waals surface area contributed by atoms with Gasteiger partial charge in [0.15, 0.2) is 0 Å². The monoisotopic (exact) mass is 294 g/mol. The molecule has 0 unspecified atom stereocenters. The van der Waals surface area contributed by atoms with E-state index in [4.69, 9.17) is 4.74 Å². The van der Waals surface area contributed by atoms with Crippen molar-refractivity contribution in [1.29, 1.82) is 0 Å². The minimum absolute atomic E-state index is 0.0464. The fraction of sp³-hybridized carbons (Fsp3) is 0.562. The van der Waals surface area contributed by atoms with E-state index < -0.39 is 0 Å². The summed E-state index contributed by atoms with van der Waals surface area (Å²) in [5.41, 5.74) is 0.765. The first-order chi connectivity index (χ1) is 9.83. The van der Waals surface area contributed by atoms with Crippen LogP contribution in [-0.2, 0) is 11.2 Å². The number of hydrogen-bond acceptors (Lipinski definition) is 2. The molecule has 0 spiro atoms. The van der Waals surface area contributed by atoms with Gasteiger partial charge in [0.1, 0.15) is 5.82 Å². The summed E-state index contributed by atoms with van der Waals surface area (Å²) in [6.45, 7) is 7.56. The fourth-order valence-corrected chi connectivity index (χ4v) is 2.31. The molecular weight excluding hydrogens is 271 g/mol. The van der Waals surface area contributed by atoms with Gasteiger partial charge in [0.25, 0.3) is 0 Å². The zero-order chi connectivity index (χ0) is 15.5. The lowest BCUT2D eigenvalue weighted by molar-refractivity contribution is -0.0140. The Hall–Kier alpha value is -1.62. The smallest absolute Gasteiger partial charge is 0.317 e. The highest BCUT2D eigenvalue weighted by molar-refractivity contribution is 5.75. The van der Waals surface area contributed by atoms with Crippen LogP contribution in [0.25, 0.3) is 0 Å². The number of halogens is 1. The largest absolute Gasteiger partial charge is 0.374 e. The second-order valence-corrected chi connectivity index (χ2v) is 6.45.